The molecule has 2 aromatic rings. The summed E-state index contributed by atoms with van der Waals surface area (Å²) >= 11 is 4.70. The van der Waals surface area contributed by atoms with Crippen molar-refractivity contribution in [2.75, 3.05) is 5.73 Å². The molecule has 0 spiro atoms. The van der Waals surface area contributed by atoms with Crippen LogP contribution in [0.2, 0.25) is 0 Å². The number of hydrogen-bond donors (Lipinski definition) is 3. The molecule has 0 saturated heterocycles. The number of aromatic nitrogens is 2. The number of aliphatic imine (C=N–C) groups is 1. The Balaban J connectivity index is 2.52. The van der Waals surface area contributed by atoms with Gasteiger partial charge < -0.3 is 17.2 Å². The molecule has 6 N–H and O–H groups in total. The summed E-state index contributed by atoms with van der Waals surface area (Å²) in [6.07, 6.45) is 1.72. The Labute approximate surface area is 115 Å². The third kappa shape index (κ3) is 2.71. The number of nitrogens with two attached hydrogens (primary N) is 3. The third-order valence-electron chi connectivity index (χ3n) is 2.68. The first kappa shape index (κ1) is 13.0. The lowest BCUT2D eigenvalue weighted by Gasteiger charge is -2.08. The van der Waals surface area contributed by atoms with Crippen LogP contribution in [-0.4, -0.2) is 20.7 Å². The summed E-state index contributed by atoms with van der Waals surface area (Å²) in [5.74, 6) is 0.203. The summed E-state index contributed by atoms with van der Waals surface area (Å²) in [6, 6.07) is 7.39. The van der Waals surface area contributed by atoms with Gasteiger partial charge in [-0.05, 0) is 30.4 Å². The minimum atomic E-state index is -0.0252. The number of aryl methyl sites for hydroxylation is 1. The molecule has 98 valence electrons. The minimum Gasteiger partial charge on any atom is -0.398 e. The van der Waals surface area contributed by atoms with Crippen LogP contribution in [-0.2, 0) is 7.05 Å². The van der Waals surface area contributed by atoms with E-state index in [1.807, 2.05) is 25.2 Å². The Bertz CT molecular complexity index is 658. The van der Waals surface area contributed by atoms with E-state index in [4.69, 9.17) is 29.4 Å². The molecule has 0 unspecified atom stereocenters. The van der Waals surface area contributed by atoms with Gasteiger partial charge in [-0.3, -0.25) is 4.68 Å². The largest absolute Gasteiger partial charge is 0.398 e. The van der Waals surface area contributed by atoms with Crippen molar-refractivity contribution < 1.29 is 0 Å². The van der Waals surface area contributed by atoms with E-state index in [1.165, 1.54) is 0 Å². The van der Waals surface area contributed by atoms with Crippen molar-refractivity contribution in [1.82, 2.24) is 9.78 Å². The van der Waals surface area contributed by atoms with E-state index in [1.54, 1.807) is 16.9 Å². The fraction of sp³-hybridized carbons (Fsp3) is 0.0833. The van der Waals surface area contributed by atoms with Crippen LogP contribution in [0, 0.1) is 0 Å². The first-order valence-electron chi connectivity index (χ1n) is 5.51. The maximum absolute atomic E-state index is 5.89. The van der Waals surface area contributed by atoms with Crippen LogP contribution >= 0.6 is 12.2 Å². The average molecular weight is 274 g/mol. The van der Waals surface area contributed by atoms with E-state index < -0.39 is 0 Å². The molecular weight excluding hydrogens is 260 g/mol. The van der Waals surface area contributed by atoms with Crippen LogP contribution in [0.25, 0.3) is 11.3 Å². The quantitative estimate of drug-likeness (QED) is 0.322. The lowest BCUT2D eigenvalue weighted by atomic mass is 10.1. The summed E-state index contributed by atoms with van der Waals surface area (Å²) < 4.78 is 1.76. The monoisotopic (exact) mass is 274 g/mol. The van der Waals surface area contributed by atoms with Crippen molar-refractivity contribution >= 4 is 28.9 Å². The van der Waals surface area contributed by atoms with Crippen LogP contribution in [0.1, 0.15) is 5.56 Å². The molecule has 1 heterocycles. The fourth-order valence-electron chi connectivity index (χ4n) is 1.77. The Morgan fingerprint density at radius 3 is 2.63 bits per heavy atom. The second-order valence-corrected chi connectivity index (χ2v) is 4.40. The fourth-order valence-corrected chi connectivity index (χ4v) is 1.87. The van der Waals surface area contributed by atoms with Gasteiger partial charge in [0, 0.05) is 30.1 Å². The summed E-state index contributed by atoms with van der Waals surface area (Å²) in [6.45, 7) is 0. The highest BCUT2D eigenvalue weighted by Gasteiger charge is 2.09. The standard InChI is InChI=1S/C12H14N6S/c1-18-10(4-5-16-18)7-2-3-9(13)8(6-7)11(14)17-12(15)19/h2-6H,13H2,1H3,(H4,14,15,17,19). The van der Waals surface area contributed by atoms with Crippen molar-refractivity contribution in [2.45, 2.75) is 0 Å². The number of nitrogen functional groups attached to an aromatic ring is 1. The number of benzene rings is 1. The van der Waals surface area contributed by atoms with Gasteiger partial charge in [0.15, 0.2) is 5.11 Å². The molecule has 1 aromatic heterocycles. The lowest BCUT2D eigenvalue weighted by Crippen LogP contribution is -2.19. The number of hydrogen-bond acceptors (Lipinski definition) is 3. The molecule has 0 saturated carbocycles. The van der Waals surface area contributed by atoms with E-state index in [0.717, 1.165) is 11.3 Å². The molecule has 0 fully saturated rings. The molecule has 7 heteroatoms. The van der Waals surface area contributed by atoms with Crippen molar-refractivity contribution in [3.8, 4) is 11.3 Å². The Morgan fingerprint density at radius 2 is 2.05 bits per heavy atom. The Hall–Kier alpha value is -2.41. The highest BCUT2D eigenvalue weighted by molar-refractivity contribution is 7.80. The van der Waals surface area contributed by atoms with Crippen LogP contribution in [0.5, 0.6) is 0 Å². The number of nitrogens with zero attached hydrogens (tertiary/aromatic N) is 3. The van der Waals surface area contributed by atoms with Gasteiger partial charge in [0.1, 0.15) is 5.84 Å². The van der Waals surface area contributed by atoms with Gasteiger partial charge in [0.2, 0.25) is 0 Å². The Kier molecular flexibility index (Phi) is 3.48. The van der Waals surface area contributed by atoms with Gasteiger partial charge in [-0.1, -0.05) is 6.07 Å². The smallest absolute Gasteiger partial charge is 0.192 e. The van der Waals surface area contributed by atoms with E-state index in [9.17, 15) is 0 Å². The number of rotatable bonds is 2. The number of amidine groups is 1. The summed E-state index contributed by atoms with van der Waals surface area (Å²) in [5.41, 5.74) is 20.1. The third-order valence-corrected chi connectivity index (χ3v) is 2.77. The van der Waals surface area contributed by atoms with Gasteiger partial charge in [-0.2, -0.15) is 5.10 Å². The molecule has 0 aliphatic heterocycles. The van der Waals surface area contributed by atoms with Crippen molar-refractivity contribution in [1.29, 1.82) is 0 Å². The Morgan fingerprint density at radius 1 is 1.32 bits per heavy atom. The van der Waals surface area contributed by atoms with Gasteiger partial charge in [0.05, 0.1) is 5.69 Å². The van der Waals surface area contributed by atoms with E-state index >= 15 is 0 Å². The van der Waals surface area contributed by atoms with Crippen molar-refractivity contribution in [3.63, 3.8) is 0 Å². The maximum atomic E-state index is 5.89. The second-order valence-electron chi connectivity index (χ2n) is 3.98. The number of thiocarbonyl (C=S) groups is 1. The van der Waals surface area contributed by atoms with E-state index in [-0.39, 0.29) is 10.9 Å². The average Bonchev–Trinajstić information content (AvgIpc) is 2.75. The summed E-state index contributed by atoms with van der Waals surface area (Å²) in [7, 11) is 1.86. The van der Waals surface area contributed by atoms with Crippen molar-refractivity contribution in [2.24, 2.45) is 23.5 Å². The topological polar surface area (TPSA) is 108 Å². The molecule has 0 aliphatic rings. The zero-order chi connectivity index (χ0) is 14.0. The summed E-state index contributed by atoms with van der Waals surface area (Å²) in [4.78, 5) is 3.85. The molecular formula is C12H14N6S. The molecule has 6 nitrogen and oxygen atoms in total. The van der Waals surface area contributed by atoms with Crippen LogP contribution in [0.4, 0.5) is 5.69 Å². The summed E-state index contributed by atoms with van der Waals surface area (Å²) in [5, 5.41) is 4.10. The van der Waals surface area contributed by atoms with Gasteiger partial charge in [-0.25, -0.2) is 4.99 Å². The predicted octanol–water partition coefficient (Wildman–Crippen LogP) is 0.618. The normalized spacial score (nSPS) is 11.5. The highest BCUT2D eigenvalue weighted by Crippen LogP contribution is 2.23. The lowest BCUT2D eigenvalue weighted by molar-refractivity contribution is 0.776. The maximum Gasteiger partial charge on any atom is 0.192 e. The molecule has 19 heavy (non-hydrogen) atoms. The van der Waals surface area contributed by atoms with Crippen LogP contribution < -0.4 is 17.2 Å². The van der Waals surface area contributed by atoms with Crippen molar-refractivity contribution in [3.05, 3.63) is 36.0 Å². The van der Waals surface area contributed by atoms with Gasteiger partial charge >= 0.3 is 0 Å². The molecule has 0 amide bonds. The molecule has 2 rings (SSSR count). The molecule has 0 aliphatic carbocycles. The number of anilines is 1. The zero-order valence-corrected chi connectivity index (χ0v) is 11.2. The second kappa shape index (κ2) is 5.07. The highest BCUT2D eigenvalue weighted by atomic mass is 32.1. The van der Waals surface area contributed by atoms with Crippen LogP contribution in [0.3, 0.4) is 0 Å². The molecule has 0 bridgehead atoms. The van der Waals surface area contributed by atoms with E-state index in [2.05, 4.69) is 10.1 Å². The molecule has 0 radical (unpaired) electrons. The van der Waals surface area contributed by atoms with E-state index in [0.29, 0.717) is 11.3 Å². The van der Waals surface area contributed by atoms with Crippen LogP contribution in [0.15, 0.2) is 35.5 Å². The van der Waals surface area contributed by atoms with Gasteiger partial charge in [0.25, 0.3) is 0 Å². The van der Waals surface area contributed by atoms with Gasteiger partial charge in [-0.15, -0.1) is 0 Å². The minimum absolute atomic E-state index is 0.0252. The molecule has 0 atom stereocenters. The predicted molar refractivity (Wildman–Crippen MR) is 80.6 cm³/mol. The molecule has 1 aromatic carbocycles. The first-order chi connectivity index (χ1) is 8.99. The first-order valence-corrected chi connectivity index (χ1v) is 5.91. The SMILES string of the molecule is Cn1nccc1-c1ccc(N)c(/C(N)=N/C(N)=S)c1. The zero-order valence-electron chi connectivity index (χ0n) is 10.4.